The Hall–Kier alpha value is -2.67. The van der Waals surface area contributed by atoms with Gasteiger partial charge in [-0.15, -0.1) is 0 Å². The van der Waals surface area contributed by atoms with Gasteiger partial charge >= 0.3 is 0 Å². The van der Waals surface area contributed by atoms with E-state index in [1.54, 1.807) is 6.92 Å². The third kappa shape index (κ3) is 3.80. The lowest BCUT2D eigenvalue weighted by Gasteiger charge is -2.23. The molecule has 1 heterocycles. The zero-order chi connectivity index (χ0) is 20.7. The molecule has 2 aromatic rings. The van der Waals surface area contributed by atoms with E-state index in [9.17, 15) is 18.0 Å². The summed E-state index contributed by atoms with van der Waals surface area (Å²) in [5, 5.41) is 2.92. The summed E-state index contributed by atoms with van der Waals surface area (Å²) in [4.78, 5) is 24.8. The van der Waals surface area contributed by atoms with Crippen LogP contribution in [0, 0.1) is 5.92 Å². The highest BCUT2D eigenvalue weighted by atomic mass is 32.2. The minimum absolute atomic E-state index is 0.130. The minimum Gasteiger partial charge on any atom is -0.322 e. The zero-order valence-electron chi connectivity index (χ0n) is 16.4. The molecule has 0 spiro atoms. The average Bonchev–Trinajstić information content (AvgIpc) is 2.81. The van der Waals surface area contributed by atoms with E-state index in [4.69, 9.17) is 0 Å². The predicted octanol–water partition coefficient (Wildman–Crippen LogP) is 3.55. The Labute approximate surface area is 165 Å². The monoisotopic (exact) mass is 400 g/mol. The Morgan fingerprint density at radius 1 is 1.07 bits per heavy atom. The topological polar surface area (TPSA) is 83.6 Å². The molecule has 1 aliphatic heterocycles. The average molecular weight is 401 g/mol. The summed E-state index contributed by atoms with van der Waals surface area (Å²) in [5.41, 5.74) is 2.25. The second-order valence-electron chi connectivity index (χ2n) is 8.08. The Morgan fingerprint density at radius 3 is 2.21 bits per heavy atom. The van der Waals surface area contributed by atoms with Crippen LogP contribution in [0.2, 0.25) is 0 Å². The predicted molar refractivity (Wildman–Crippen MR) is 110 cm³/mol. The molecule has 0 bridgehead atoms. The van der Waals surface area contributed by atoms with Crippen molar-refractivity contribution in [3.8, 4) is 0 Å². The molecule has 2 aromatic carbocycles. The molecule has 6 nitrogen and oxygen atoms in total. The van der Waals surface area contributed by atoms with Crippen molar-refractivity contribution in [1.82, 2.24) is 0 Å². The van der Waals surface area contributed by atoms with Crippen molar-refractivity contribution in [1.29, 1.82) is 0 Å². The van der Waals surface area contributed by atoms with Crippen molar-refractivity contribution >= 4 is 33.2 Å². The summed E-state index contributed by atoms with van der Waals surface area (Å²) in [6.07, 6.45) is 0. The van der Waals surface area contributed by atoms with E-state index in [-0.39, 0.29) is 22.8 Å². The number of hydrogen-bond donors (Lipinski definition) is 1. The summed E-state index contributed by atoms with van der Waals surface area (Å²) in [6, 6.07) is 13.6. The van der Waals surface area contributed by atoms with Gasteiger partial charge in [-0.1, -0.05) is 45.9 Å². The molecule has 1 unspecified atom stereocenters. The van der Waals surface area contributed by atoms with Gasteiger partial charge in [0, 0.05) is 11.3 Å². The van der Waals surface area contributed by atoms with Crippen LogP contribution in [-0.2, 0) is 20.2 Å². The largest absolute Gasteiger partial charge is 0.322 e. The molecule has 2 amide bonds. The van der Waals surface area contributed by atoms with Crippen molar-refractivity contribution in [3.63, 3.8) is 0 Å². The van der Waals surface area contributed by atoms with Gasteiger partial charge in [0.25, 0.3) is 5.91 Å². The van der Waals surface area contributed by atoms with Gasteiger partial charge < -0.3 is 5.32 Å². The Morgan fingerprint density at radius 2 is 1.68 bits per heavy atom. The maximum Gasteiger partial charge on any atom is 0.255 e. The van der Waals surface area contributed by atoms with Crippen LogP contribution < -0.4 is 9.62 Å². The molecule has 1 aliphatic rings. The van der Waals surface area contributed by atoms with Crippen LogP contribution in [-0.4, -0.2) is 26.0 Å². The number of nitrogens with zero attached hydrogens (tertiary/aromatic N) is 1. The molecule has 0 radical (unpaired) electrons. The quantitative estimate of drug-likeness (QED) is 0.854. The number of carbonyl (C=O) groups excluding carboxylic acids is 2. The fourth-order valence-corrected chi connectivity index (χ4v) is 5.10. The third-order valence-corrected chi connectivity index (χ3v) is 6.58. The molecule has 1 saturated heterocycles. The number of hydrogen-bond acceptors (Lipinski definition) is 4. The first-order valence-electron chi connectivity index (χ1n) is 9.08. The van der Waals surface area contributed by atoms with Gasteiger partial charge in [0.15, 0.2) is 0 Å². The standard InChI is InChI=1S/C21H24N2O4S/c1-14-13-28(26,27)23(20(14)25)16-11-9-15(10-12-16)19(24)22-18-8-6-5-7-17(18)21(2,3)4/h5-12,14H,13H2,1-4H3,(H,22,24). The molecule has 1 N–H and O–H groups in total. The van der Waals surface area contributed by atoms with Gasteiger partial charge in [-0.25, -0.2) is 12.7 Å². The van der Waals surface area contributed by atoms with Gasteiger partial charge in [-0.3, -0.25) is 9.59 Å². The van der Waals surface area contributed by atoms with Crippen LogP contribution in [0.4, 0.5) is 11.4 Å². The molecule has 28 heavy (non-hydrogen) atoms. The number of benzene rings is 2. The van der Waals surface area contributed by atoms with Gasteiger partial charge in [0.05, 0.1) is 17.4 Å². The number of nitrogens with one attached hydrogen (secondary N) is 1. The normalized spacial score (nSPS) is 18.9. The van der Waals surface area contributed by atoms with Gasteiger partial charge in [0.1, 0.15) is 0 Å². The van der Waals surface area contributed by atoms with E-state index in [0.29, 0.717) is 5.56 Å². The van der Waals surface area contributed by atoms with Crippen LogP contribution in [0.25, 0.3) is 0 Å². The summed E-state index contributed by atoms with van der Waals surface area (Å²) in [5.74, 6) is -1.51. The van der Waals surface area contributed by atoms with E-state index in [1.807, 2.05) is 24.3 Å². The zero-order valence-corrected chi connectivity index (χ0v) is 17.2. The highest BCUT2D eigenvalue weighted by Crippen LogP contribution is 2.30. The van der Waals surface area contributed by atoms with Crippen molar-refractivity contribution < 1.29 is 18.0 Å². The SMILES string of the molecule is CC1CS(=O)(=O)N(c2ccc(C(=O)Nc3ccccc3C(C)(C)C)cc2)C1=O. The summed E-state index contributed by atoms with van der Waals surface area (Å²) >= 11 is 0. The van der Waals surface area contributed by atoms with E-state index in [2.05, 4.69) is 26.1 Å². The first kappa shape index (κ1) is 20.1. The van der Waals surface area contributed by atoms with Crippen molar-refractivity contribution in [2.75, 3.05) is 15.4 Å². The number of rotatable bonds is 3. The molecule has 3 rings (SSSR count). The van der Waals surface area contributed by atoms with E-state index in [1.165, 1.54) is 24.3 Å². The first-order chi connectivity index (χ1) is 13.0. The lowest BCUT2D eigenvalue weighted by atomic mass is 9.86. The first-order valence-corrected chi connectivity index (χ1v) is 10.7. The lowest BCUT2D eigenvalue weighted by Crippen LogP contribution is -2.30. The Kier molecular flexibility index (Phi) is 5.06. The van der Waals surface area contributed by atoms with Gasteiger partial charge in [0.2, 0.25) is 15.9 Å². The molecule has 1 atom stereocenters. The molecule has 148 valence electrons. The molecule has 0 aromatic heterocycles. The molecule has 7 heteroatoms. The van der Waals surface area contributed by atoms with E-state index >= 15 is 0 Å². The van der Waals surface area contributed by atoms with Crippen molar-refractivity contribution in [2.24, 2.45) is 5.92 Å². The summed E-state index contributed by atoms with van der Waals surface area (Å²) in [7, 11) is -3.66. The van der Waals surface area contributed by atoms with Crippen LogP contribution in [0.3, 0.4) is 0 Å². The Bertz CT molecular complexity index is 1020. The number of para-hydroxylation sites is 1. The Balaban J connectivity index is 1.84. The van der Waals surface area contributed by atoms with Crippen LogP contribution >= 0.6 is 0 Å². The summed E-state index contributed by atoms with van der Waals surface area (Å²) < 4.78 is 25.2. The lowest BCUT2D eigenvalue weighted by molar-refractivity contribution is -0.119. The molecular weight excluding hydrogens is 376 g/mol. The summed E-state index contributed by atoms with van der Waals surface area (Å²) in [6.45, 7) is 7.80. The van der Waals surface area contributed by atoms with Gasteiger partial charge in [-0.2, -0.15) is 0 Å². The number of sulfonamides is 1. The number of amides is 2. The maximum absolute atomic E-state index is 12.7. The smallest absolute Gasteiger partial charge is 0.255 e. The second-order valence-corrected chi connectivity index (χ2v) is 9.94. The van der Waals surface area contributed by atoms with E-state index < -0.39 is 21.8 Å². The minimum atomic E-state index is -3.66. The van der Waals surface area contributed by atoms with Crippen LogP contribution in [0.15, 0.2) is 48.5 Å². The molecule has 1 fully saturated rings. The molecule has 0 saturated carbocycles. The van der Waals surface area contributed by atoms with Crippen molar-refractivity contribution in [2.45, 2.75) is 33.1 Å². The second kappa shape index (κ2) is 7.05. The van der Waals surface area contributed by atoms with Crippen LogP contribution in [0.5, 0.6) is 0 Å². The highest BCUT2D eigenvalue weighted by molar-refractivity contribution is 7.94. The molecular formula is C21H24N2O4S. The fourth-order valence-electron chi connectivity index (χ4n) is 3.28. The van der Waals surface area contributed by atoms with Gasteiger partial charge in [-0.05, 0) is 41.3 Å². The van der Waals surface area contributed by atoms with E-state index in [0.717, 1.165) is 15.6 Å². The highest BCUT2D eigenvalue weighted by Gasteiger charge is 2.41. The number of anilines is 2. The fraction of sp³-hybridized carbons (Fsp3) is 0.333. The number of carbonyl (C=O) groups is 2. The van der Waals surface area contributed by atoms with Crippen LogP contribution in [0.1, 0.15) is 43.6 Å². The molecule has 0 aliphatic carbocycles. The third-order valence-electron chi connectivity index (χ3n) is 4.71. The van der Waals surface area contributed by atoms with Crippen molar-refractivity contribution in [3.05, 3.63) is 59.7 Å². The maximum atomic E-state index is 12.7.